The zero-order valence-corrected chi connectivity index (χ0v) is 11.6. The monoisotopic (exact) mass is 269 g/mol. The fraction of sp³-hybridized carbons (Fsp3) is 0.462. The van der Waals surface area contributed by atoms with Gasteiger partial charge in [-0.3, -0.25) is 4.79 Å². The van der Waals surface area contributed by atoms with Crippen LogP contribution in [-0.2, 0) is 11.3 Å². The largest absolute Gasteiger partial charge is 0.362 e. The number of anilines is 1. The summed E-state index contributed by atoms with van der Waals surface area (Å²) in [7, 11) is 1.64. The van der Waals surface area contributed by atoms with Crippen LogP contribution in [0.4, 0.5) is 5.69 Å². The van der Waals surface area contributed by atoms with Gasteiger partial charge in [0.1, 0.15) is 0 Å². The first-order valence-electron chi connectivity index (χ1n) is 6.06. The summed E-state index contributed by atoms with van der Waals surface area (Å²) in [5.74, 6) is -0.0126. The molecule has 0 aliphatic heterocycles. The van der Waals surface area contributed by atoms with E-state index in [0.29, 0.717) is 18.1 Å². The van der Waals surface area contributed by atoms with Gasteiger partial charge in [-0.1, -0.05) is 18.5 Å². The maximum absolute atomic E-state index is 11.5. The SMILES string of the molecule is CCCN(CC(=O)NC)c1ccc(Cl)cc1CN. The van der Waals surface area contributed by atoms with Gasteiger partial charge in [-0.15, -0.1) is 0 Å². The van der Waals surface area contributed by atoms with Crippen molar-refractivity contribution >= 4 is 23.2 Å². The molecule has 1 aromatic rings. The van der Waals surface area contributed by atoms with E-state index in [4.69, 9.17) is 17.3 Å². The van der Waals surface area contributed by atoms with Crippen molar-refractivity contribution < 1.29 is 4.79 Å². The molecule has 100 valence electrons. The van der Waals surface area contributed by atoms with Crippen LogP contribution in [0.15, 0.2) is 18.2 Å². The number of carbonyl (C=O) groups excluding carboxylic acids is 1. The van der Waals surface area contributed by atoms with E-state index in [9.17, 15) is 4.79 Å². The van der Waals surface area contributed by atoms with Crippen molar-refractivity contribution in [3.8, 4) is 0 Å². The van der Waals surface area contributed by atoms with Crippen molar-refractivity contribution in [3.05, 3.63) is 28.8 Å². The Morgan fingerprint density at radius 2 is 2.22 bits per heavy atom. The van der Waals surface area contributed by atoms with Gasteiger partial charge in [-0.05, 0) is 30.2 Å². The van der Waals surface area contributed by atoms with Crippen molar-refractivity contribution in [2.75, 3.05) is 25.0 Å². The molecule has 0 spiro atoms. The van der Waals surface area contributed by atoms with Crippen LogP contribution in [0, 0.1) is 0 Å². The predicted octanol–water partition coefficient (Wildman–Crippen LogP) is 1.76. The molecule has 0 saturated heterocycles. The molecule has 0 aromatic heterocycles. The van der Waals surface area contributed by atoms with Crippen molar-refractivity contribution in [1.29, 1.82) is 0 Å². The number of halogens is 1. The van der Waals surface area contributed by atoms with E-state index < -0.39 is 0 Å². The molecule has 4 nitrogen and oxygen atoms in total. The Labute approximate surface area is 113 Å². The topological polar surface area (TPSA) is 58.4 Å². The number of hydrogen-bond donors (Lipinski definition) is 2. The molecule has 1 aromatic carbocycles. The first kappa shape index (κ1) is 14.8. The minimum atomic E-state index is -0.0126. The lowest BCUT2D eigenvalue weighted by Gasteiger charge is -2.25. The van der Waals surface area contributed by atoms with Gasteiger partial charge in [-0.25, -0.2) is 0 Å². The maximum Gasteiger partial charge on any atom is 0.239 e. The summed E-state index contributed by atoms with van der Waals surface area (Å²) in [6.07, 6.45) is 0.962. The smallest absolute Gasteiger partial charge is 0.239 e. The van der Waals surface area contributed by atoms with Gasteiger partial charge >= 0.3 is 0 Å². The molecule has 0 unspecified atom stereocenters. The third kappa shape index (κ3) is 3.89. The minimum Gasteiger partial charge on any atom is -0.362 e. The lowest BCUT2D eigenvalue weighted by atomic mass is 10.1. The molecule has 0 heterocycles. The number of benzene rings is 1. The van der Waals surface area contributed by atoms with E-state index in [1.165, 1.54) is 0 Å². The molecule has 1 rings (SSSR count). The second kappa shape index (κ2) is 7.24. The minimum absolute atomic E-state index is 0.0126. The molecule has 5 heteroatoms. The summed E-state index contributed by atoms with van der Waals surface area (Å²) in [5.41, 5.74) is 7.67. The molecule has 0 saturated carbocycles. The average molecular weight is 270 g/mol. The van der Waals surface area contributed by atoms with Crippen LogP contribution in [-0.4, -0.2) is 26.0 Å². The normalized spacial score (nSPS) is 10.2. The van der Waals surface area contributed by atoms with E-state index in [-0.39, 0.29) is 5.91 Å². The first-order valence-corrected chi connectivity index (χ1v) is 6.44. The van der Waals surface area contributed by atoms with E-state index in [1.54, 1.807) is 7.05 Å². The zero-order valence-electron chi connectivity index (χ0n) is 10.9. The summed E-state index contributed by atoms with van der Waals surface area (Å²) in [6.45, 7) is 3.62. The lowest BCUT2D eigenvalue weighted by Crippen LogP contribution is -2.36. The number of nitrogens with zero attached hydrogens (tertiary/aromatic N) is 1. The zero-order chi connectivity index (χ0) is 13.5. The highest BCUT2D eigenvalue weighted by Gasteiger charge is 2.13. The highest BCUT2D eigenvalue weighted by atomic mass is 35.5. The van der Waals surface area contributed by atoms with Crippen LogP contribution in [0.25, 0.3) is 0 Å². The molecule has 0 atom stereocenters. The molecular formula is C13H20ClN3O. The van der Waals surface area contributed by atoms with Crippen LogP contribution < -0.4 is 16.0 Å². The van der Waals surface area contributed by atoms with Gasteiger partial charge in [0.15, 0.2) is 0 Å². The van der Waals surface area contributed by atoms with Crippen molar-refractivity contribution in [3.63, 3.8) is 0 Å². The standard InChI is InChI=1S/C13H20ClN3O/c1-3-6-17(9-13(18)16-2)12-5-4-11(14)7-10(12)8-15/h4-5,7H,3,6,8-9,15H2,1-2H3,(H,16,18). The summed E-state index contributed by atoms with van der Waals surface area (Å²) < 4.78 is 0. The van der Waals surface area contributed by atoms with Gasteiger partial charge in [0.2, 0.25) is 5.91 Å². The summed E-state index contributed by atoms with van der Waals surface area (Å²) in [5, 5.41) is 3.30. The third-order valence-electron chi connectivity index (χ3n) is 2.71. The Morgan fingerprint density at radius 1 is 1.50 bits per heavy atom. The lowest BCUT2D eigenvalue weighted by molar-refractivity contribution is -0.119. The van der Waals surface area contributed by atoms with Gasteiger partial charge in [0, 0.05) is 30.8 Å². The number of carbonyl (C=O) groups is 1. The van der Waals surface area contributed by atoms with E-state index in [1.807, 2.05) is 23.1 Å². The van der Waals surface area contributed by atoms with E-state index in [2.05, 4.69) is 12.2 Å². The fourth-order valence-electron chi connectivity index (χ4n) is 1.83. The average Bonchev–Trinajstić information content (AvgIpc) is 2.37. The van der Waals surface area contributed by atoms with Gasteiger partial charge < -0.3 is 16.0 Å². The van der Waals surface area contributed by atoms with Crippen molar-refractivity contribution in [2.24, 2.45) is 5.73 Å². The molecule has 18 heavy (non-hydrogen) atoms. The summed E-state index contributed by atoms with van der Waals surface area (Å²) in [6, 6.07) is 5.59. The van der Waals surface area contributed by atoms with Crippen molar-refractivity contribution in [2.45, 2.75) is 19.9 Å². The molecular weight excluding hydrogens is 250 g/mol. The molecule has 3 N–H and O–H groups in total. The van der Waals surface area contributed by atoms with Crippen LogP contribution in [0.1, 0.15) is 18.9 Å². The Bertz CT molecular complexity index is 409. The molecule has 0 aliphatic rings. The Morgan fingerprint density at radius 3 is 2.78 bits per heavy atom. The van der Waals surface area contributed by atoms with Crippen LogP contribution >= 0.6 is 11.6 Å². The second-order valence-electron chi connectivity index (χ2n) is 4.07. The first-order chi connectivity index (χ1) is 8.62. The van der Waals surface area contributed by atoms with Crippen LogP contribution in [0.3, 0.4) is 0 Å². The third-order valence-corrected chi connectivity index (χ3v) is 2.94. The fourth-order valence-corrected chi connectivity index (χ4v) is 2.03. The number of nitrogens with one attached hydrogen (secondary N) is 1. The van der Waals surface area contributed by atoms with Gasteiger partial charge in [0.25, 0.3) is 0 Å². The maximum atomic E-state index is 11.5. The van der Waals surface area contributed by atoms with E-state index in [0.717, 1.165) is 24.2 Å². The molecule has 0 aliphatic carbocycles. The Balaban J connectivity index is 3.00. The number of amides is 1. The van der Waals surface area contributed by atoms with Crippen LogP contribution in [0.2, 0.25) is 5.02 Å². The predicted molar refractivity (Wildman–Crippen MR) is 75.9 cm³/mol. The Hall–Kier alpha value is -1.26. The summed E-state index contributed by atoms with van der Waals surface area (Å²) >= 11 is 5.96. The quantitative estimate of drug-likeness (QED) is 0.827. The highest BCUT2D eigenvalue weighted by molar-refractivity contribution is 6.30. The van der Waals surface area contributed by atoms with Gasteiger partial charge in [-0.2, -0.15) is 0 Å². The highest BCUT2D eigenvalue weighted by Crippen LogP contribution is 2.24. The number of likely N-dealkylation sites (N-methyl/N-ethyl adjacent to an activating group) is 1. The number of rotatable bonds is 6. The molecule has 0 fully saturated rings. The number of nitrogens with two attached hydrogens (primary N) is 1. The van der Waals surface area contributed by atoms with Gasteiger partial charge in [0.05, 0.1) is 6.54 Å². The number of hydrogen-bond acceptors (Lipinski definition) is 3. The molecule has 0 radical (unpaired) electrons. The summed E-state index contributed by atoms with van der Waals surface area (Å²) in [4.78, 5) is 13.6. The second-order valence-corrected chi connectivity index (χ2v) is 4.51. The molecule has 1 amide bonds. The van der Waals surface area contributed by atoms with E-state index >= 15 is 0 Å². The van der Waals surface area contributed by atoms with Crippen LogP contribution in [0.5, 0.6) is 0 Å². The van der Waals surface area contributed by atoms with Crippen molar-refractivity contribution in [1.82, 2.24) is 5.32 Å². The molecule has 0 bridgehead atoms. The Kier molecular flexibility index (Phi) is 5.95.